The first kappa shape index (κ1) is 20.0. The number of nitrogens with zero attached hydrogens (tertiary/aromatic N) is 4. The van der Waals surface area contributed by atoms with Crippen LogP contribution in [0.25, 0.3) is 17.0 Å². The van der Waals surface area contributed by atoms with E-state index in [0.29, 0.717) is 23.9 Å². The minimum atomic E-state index is -0.344. The van der Waals surface area contributed by atoms with Crippen molar-refractivity contribution in [2.24, 2.45) is 5.73 Å². The molecular formula is C24H21N5O2. The predicted molar refractivity (Wildman–Crippen MR) is 120 cm³/mol. The summed E-state index contributed by atoms with van der Waals surface area (Å²) in [6.07, 6.45) is 6.08. The highest BCUT2D eigenvalue weighted by Gasteiger charge is 2.18. The molecule has 0 bridgehead atoms. The fraction of sp³-hybridized carbons (Fsp3) is 0.0833. The predicted octanol–water partition coefficient (Wildman–Crippen LogP) is 4.44. The van der Waals surface area contributed by atoms with E-state index in [1.807, 2.05) is 72.8 Å². The van der Waals surface area contributed by atoms with Crippen molar-refractivity contribution >= 4 is 34.4 Å². The highest BCUT2D eigenvalue weighted by Crippen LogP contribution is 2.31. The van der Waals surface area contributed by atoms with E-state index in [-0.39, 0.29) is 12.3 Å². The number of anilines is 2. The topological polar surface area (TPSA) is 94.2 Å². The van der Waals surface area contributed by atoms with Gasteiger partial charge in [-0.25, -0.2) is 15.0 Å². The first-order valence-electron chi connectivity index (χ1n) is 9.86. The summed E-state index contributed by atoms with van der Waals surface area (Å²) in [6.45, 7) is 0. The molecule has 2 heterocycles. The van der Waals surface area contributed by atoms with Crippen molar-refractivity contribution in [3.05, 3.63) is 90.9 Å². The second-order valence-electron chi connectivity index (χ2n) is 6.72. The Morgan fingerprint density at radius 2 is 1.74 bits per heavy atom. The Labute approximate surface area is 179 Å². The molecule has 2 aromatic carbocycles. The van der Waals surface area contributed by atoms with Crippen molar-refractivity contribution in [2.45, 2.75) is 12.8 Å². The largest absolute Gasteiger partial charge is 0.370 e. The van der Waals surface area contributed by atoms with Crippen LogP contribution in [0.1, 0.15) is 18.7 Å². The van der Waals surface area contributed by atoms with E-state index in [4.69, 9.17) is 15.6 Å². The van der Waals surface area contributed by atoms with Gasteiger partial charge < -0.3 is 10.6 Å². The Hall–Kier alpha value is -4.26. The molecule has 31 heavy (non-hydrogen) atoms. The Morgan fingerprint density at radius 1 is 0.968 bits per heavy atom. The Morgan fingerprint density at radius 3 is 2.52 bits per heavy atom. The number of carbonyl (C=O) groups is 1. The van der Waals surface area contributed by atoms with Gasteiger partial charge in [0.15, 0.2) is 11.6 Å². The maximum atomic E-state index is 11.0. The van der Waals surface area contributed by atoms with Gasteiger partial charge in [-0.2, -0.15) is 5.06 Å². The van der Waals surface area contributed by atoms with Gasteiger partial charge in [0.05, 0.1) is 11.2 Å². The normalized spacial score (nSPS) is 11.0. The fourth-order valence-corrected chi connectivity index (χ4v) is 3.00. The van der Waals surface area contributed by atoms with Gasteiger partial charge >= 0.3 is 0 Å². The van der Waals surface area contributed by atoms with E-state index in [0.717, 1.165) is 16.6 Å². The van der Waals surface area contributed by atoms with Crippen LogP contribution in [0, 0.1) is 0 Å². The third kappa shape index (κ3) is 5.02. The number of hydrogen-bond acceptors (Lipinski definition) is 6. The van der Waals surface area contributed by atoms with Crippen LogP contribution in [0.5, 0.6) is 5.88 Å². The molecule has 0 saturated carbocycles. The van der Waals surface area contributed by atoms with E-state index in [9.17, 15) is 4.79 Å². The molecule has 0 atom stereocenters. The summed E-state index contributed by atoms with van der Waals surface area (Å²) < 4.78 is 0. The lowest BCUT2D eigenvalue weighted by Gasteiger charge is -2.24. The first-order chi connectivity index (χ1) is 15.2. The van der Waals surface area contributed by atoms with E-state index in [1.54, 1.807) is 23.4 Å². The van der Waals surface area contributed by atoms with Crippen molar-refractivity contribution in [3.63, 3.8) is 0 Å². The van der Waals surface area contributed by atoms with Crippen molar-refractivity contribution in [1.82, 2.24) is 15.0 Å². The summed E-state index contributed by atoms with van der Waals surface area (Å²) >= 11 is 0. The summed E-state index contributed by atoms with van der Waals surface area (Å²) in [5.74, 6) is 1.18. The Balaban J connectivity index is 1.80. The highest BCUT2D eigenvalue weighted by atomic mass is 16.7. The number of nitrogens with two attached hydrogens (primary N) is 1. The number of pyridine rings is 1. The number of aromatic nitrogens is 3. The summed E-state index contributed by atoms with van der Waals surface area (Å²) in [5.41, 5.74) is 6.78. The zero-order chi connectivity index (χ0) is 21.5. The number of carbonyl (C=O) groups excluding carboxylic acids is 1. The van der Waals surface area contributed by atoms with Crippen LogP contribution in [0.2, 0.25) is 0 Å². The third-order valence-electron chi connectivity index (χ3n) is 4.43. The zero-order valence-corrected chi connectivity index (χ0v) is 16.8. The monoisotopic (exact) mass is 411 g/mol. The summed E-state index contributed by atoms with van der Waals surface area (Å²) in [4.78, 5) is 30.8. The van der Waals surface area contributed by atoms with Gasteiger partial charge in [0.2, 0.25) is 11.8 Å². The molecule has 0 unspecified atom stereocenters. The van der Waals surface area contributed by atoms with Crippen molar-refractivity contribution < 1.29 is 9.63 Å². The number of primary amides is 1. The number of amides is 1. The molecule has 2 aromatic heterocycles. The minimum absolute atomic E-state index is 0.274. The zero-order valence-electron chi connectivity index (χ0n) is 16.8. The molecule has 4 rings (SSSR count). The lowest BCUT2D eigenvalue weighted by Crippen LogP contribution is -2.24. The lowest BCUT2D eigenvalue weighted by molar-refractivity contribution is -0.117. The molecule has 0 spiro atoms. The Bertz CT molecular complexity index is 1200. The first-order valence-corrected chi connectivity index (χ1v) is 9.86. The van der Waals surface area contributed by atoms with Crippen molar-refractivity contribution in [3.8, 4) is 5.88 Å². The van der Waals surface area contributed by atoms with Crippen molar-refractivity contribution in [2.75, 3.05) is 5.06 Å². The summed E-state index contributed by atoms with van der Waals surface area (Å²) in [6, 6.07) is 22.9. The molecule has 0 radical (unpaired) electrons. The number of para-hydroxylation sites is 2. The van der Waals surface area contributed by atoms with E-state index < -0.39 is 0 Å². The van der Waals surface area contributed by atoms with E-state index in [2.05, 4.69) is 9.97 Å². The maximum absolute atomic E-state index is 11.0. The average Bonchev–Trinajstić information content (AvgIpc) is 2.81. The van der Waals surface area contributed by atoms with Gasteiger partial charge in [-0.1, -0.05) is 42.5 Å². The molecule has 4 aromatic rings. The number of allylic oxidation sites excluding steroid dienone is 1. The lowest BCUT2D eigenvalue weighted by atomic mass is 10.2. The van der Waals surface area contributed by atoms with E-state index in [1.165, 1.54) is 0 Å². The maximum Gasteiger partial charge on any atom is 0.246 e. The van der Waals surface area contributed by atoms with Crippen LogP contribution in [-0.4, -0.2) is 20.9 Å². The molecule has 0 aliphatic rings. The number of benzene rings is 2. The van der Waals surface area contributed by atoms with Gasteiger partial charge in [0.1, 0.15) is 0 Å². The van der Waals surface area contributed by atoms with Crippen LogP contribution in [-0.2, 0) is 4.79 Å². The highest BCUT2D eigenvalue weighted by molar-refractivity contribution is 5.91. The molecule has 0 aliphatic carbocycles. The van der Waals surface area contributed by atoms with Gasteiger partial charge in [0, 0.05) is 24.1 Å². The molecule has 7 nitrogen and oxygen atoms in total. The molecule has 0 aliphatic heterocycles. The SMILES string of the molecule is NC(=O)CCC=Cc1nc(N(Oc2ccccn2)c2ccccc2)c2ccccc2n1. The standard InChI is InChI=1S/C24H21N5O2/c25-21(30)14-6-7-15-22-27-20-13-5-4-12-19(20)24(28-22)29(18-10-2-1-3-11-18)31-23-16-8-9-17-26-23/h1-5,7-13,15-17H,6,14H2,(H2,25,30). The number of fused-ring (bicyclic) bond motifs is 1. The molecule has 0 fully saturated rings. The molecule has 0 saturated heterocycles. The third-order valence-corrected chi connectivity index (χ3v) is 4.43. The van der Waals surface area contributed by atoms with E-state index >= 15 is 0 Å². The smallest absolute Gasteiger partial charge is 0.246 e. The average molecular weight is 411 g/mol. The van der Waals surface area contributed by atoms with Crippen molar-refractivity contribution in [1.29, 1.82) is 0 Å². The fourth-order valence-electron chi connectivity index (χ4n) is 3.00. The van der Waals surface area contributed by atoms with Crippen LogP contribution in [0.4, 0.5) is 11.5 Å². The van der Waals surface area contributed by atoms with Crippen LogP contribution < -0.4 is 15.6 Å². The minimum Gasteiger partial charge on any atom is -0.370 e. The molecule has 1 amide bonds. The molecular weight excluding hydrogens is 390 g/mol. The number of hydrogen-bond donors (Lipinski definition) is 1. The second kappa shape index (κ2) is 9.49. The molecule has 154 valence electrons. The van der Waals surface area contributed by atoms with Gasteiger partial charge in [-0.3, -0.25) is 4.79 Å². The second-order valence-corrected chi connectivity index (χ2v) is 6.72. The number of rotatable bonds is 8. The summed E-state index contributed by atoms with van der Waals surface area (Å²) in [5, 5.41) is 2.48. The van der Waals surface area contributed by atoms with Crippen LogP contribution >= 0.6 is 0 Å². The summed E-state index contributed by atoms with van der Waals surface area (Å²) in [7, 11) is 0. The van der Waals surface area contributed by atoms with Crippen LogP contribution in [0.3, 0.4) is 0 Å². The quantitative estimate of drug-likeness (QED) is 0.431. The van der Waals surface area contributed by atoms with Gasteiger partial charge in [-0.05, 0) is 42.8 Å². The molecule has 7 heteroatoms. The molecule has 2 N–H and O–H groups in total. The Kier molecular flexibility index (Phi) is 6.13. The van der Waals surface area contributed by atoms with Gasteiger partial charge in [-0.15, -0.1) is 0 Å². The van der Waals surface area contributed by atoms with Crippen LogP contribution in [0.15, 0.2) is 85.1 Å². The van der Waals surface area contributed by atoms with Gasteiger partial charge in [0.25, 0.3) is 0 Å².